The van der Waals surface area contributed by atoms with E-state index in [0.29, 0.717) is 24.6 Å². The minimum Gasteiger partial charge on any atom is -0.357 e. The molecule has 2 aromatic rings. The number of nitrogens with one attached hydrogen (secondary N) is 2. The fraction of sp³-hybridized carbons (Fsp3) is 0.450. The van der Waals surface area contributed by atoms with Crippen LogP contribution in [0.5, 0.6) is 0 Å². The number of amides is 1. The van der Waals surface area contributed by atoms with Crippen molar-refractivity contribution in [2.45, 2.75) is 19.3 Å². The van der Waals surface area contributed by atoms with Crippen molar-refractivity contribution in [3.8, 4) is 0 Å². The van der Waals surface area contributed by atoms with Crippen molar-refractivity contribution in [3.05, 3.63) is 53.9 Å². The summed E-state index contributed by atoms with van der Waals surface area (Å²) in [6.45, 7) is 5.87. The fourth-order valence-corrected chi connectivity index (χ4v) is 3.32. The predicted octanol–water partition coefficient (Wildman–Crippen LogP) is 1.60. The Balaban J connectivity index is 1.51. The number of carbonyl (C=O) groups is 1. The molecule has 1 fully saturated rings. The predicted molar refractivity (Wildman–Crippen MR) is 107 cm³/mol. The molecule has 2 N–H and O–H groups in total. The molecule has 7 nitrogen and oxygen atoms in total. The Kier molecular flexibility index (Phi) is 6.46. The number of nitrogens with zero attached hydrogens (tertiary/aromatic N) is 4. The molecular weight excluding hydrogens is 340 g/mol. The largest absolute Gasteiger partial charge is 0.357 e. The van der Waals surface area contributed by atoms with E-state index < -0.39 is 0 Å². The Bertz CT molecular complexity index is 770. The molecule has 1 saturated heterocycles. The van der Waals surface area contributed by atoms with Crippen molar-refractivity contribution in [1.29, 1.82) is 0 Å². The van der Waals surface area contributed by atoms with Gasteiger partial charge in [0.05, 0.1) is 12.7 Å². The summed E-state index contributed by atoms with van der Waals surface area (Å²) in [6.07, 6.45) is 5.15. The van der Waals surface area contributed by atoms with E-state index in [0.717, 1.165) is 32.0 Å². The zero-order chi connectivity index (χ0) is 19.1. The summed E-state index contributed by atoms with van der Waals surface area (Å²) >= 11 is 0. The average Bonchev–Trinajstić information content (AvgIpc) is 3.34. The first-order valence-corrected chi connectivity index (χ1v) is 9.52. The SMILES string of the molecule is CCNC(=NCCNC(=O)c1ccccc1)N1CCC(c2cnn(C)c2)C1. The molecule has 2 heterocycles. The van der Waals surface area contributed by atoms with Gasteiger partial charge in [-0.2, -0.15) is 5.10 Å². The first kappa shape index (κ1) is 18.9. The standard InChI is InChI=1S/C20H28N6O/c1-3-21-20(23-11-10-22-19(27)16-7-5-4-6-8-16)26-12-9-17(15-26)18-13-24-25(2)14-18/h4-8,13-14,17H,3,9-12,15H2,1-2H3,(H,21,23)(H,22,27). The van der Waals surface area contributed by atoms with Crippen LogP contribution in [0.4, 0.5) is 0 Å². The third-order valence-corrected chi connectivity index (χ3v) is 4.71. The van der Waals surface area contributed by atoms with Gasteiger partial charge in [-0.15, -0.1) is 0 Å². The van der Waals surface area contributed by atoms with Crippen LogP contribution in [0.1, 0.15) is 35.2 Å². The first-order valence-electron chi connectivity index (χ1n) is 9.52. The van der Waals surface area contributed by atoms with Gasteiger partial charge in [0.25, 0.3) is 5.91 Å². The minimum atomic E-state index is -0.0615. The minimum absolute atomic E-state index is 0.0615. The Morgan fingerprint density at radius 3 is 2.81 bits per heavy atom. The Morgan fingerprint density at radius 1 is 1.30 bits per heavy atom. The molecule has 7 heteroatoms. The molecule has 3 rings (SSSR count). The molecule has 1 aliphatic rings. The molecular formula is C20H28N6O. The lowest BCUT2D eigenvalue weighted by molar-refractivity contribution is 0.0955. The lowest BCUT2D eigenvalue weighted by atomic mass is 10.0. The van der Waals surface area contributed by atoms with Gasteiger partial charge in [0.1, 0.15) is 0 Å². The molecule has 0 bridgehead atoms. The zero-order valence-corrected chi connectivity index (χ0v) is 16.1. The highest BCUT2D eigenvalue weighted by molar-refractivity contribution is 5.94. The van der Waals surface area contributed by atoms with E-state index in [-0.39, 0.29) is 5.91 Å². The Labute approximate surface area is 160 Å². The topological polar surface area (TPSA) is 74.6 Å². The van der Waals surface area contributed by atoms with Crippen LogP contribution in [0.2, 0.25) is 0 Å². The lowest BCUT2D eigenvalue weighted by Crippen LogP contribution is -2.40. The van der Waals surface area contributed by atoms with Crippen molar-refractivity contribution >= 4 is 11.9 Å². The molecule has 1 aromatic heterocycles. The third kappa shape index (κ3) is 5.09. The molecule has 0 spiro atoms. The maximum Gasteiger partial charge on any atom is 0.251 e. The summed E-state index contributed by atoms with van der Waals surface area (Å²) in [7, 11) is 1.95. The van der Waals surface area contributed by atoms with Crippen LogP contribution in [0.15, 0.2) is 47.7 Å². The summed E-state index contributed by atoms with van der Waals surface area (Å²) in [6, 6.07) is 9.25. The van der Waals surface area contributed by atoms with Crippen LogP contribution >= 0.6 is 0 Å². The normalized spacial score (nSPS) is 17.2. The van der Waals surface area contributed by atoms with Gasteiger partial charge in [0, 0.05) is 50.9 Å². The summed E-state index contributed by atoms with van der Waals surface area (Å²) in [5.41, 5.74) is 1.96. The first-order chi connectivity index (χ1) is 13.2. The molecule has 0 aliphatic carbocycles. The molecule has 27 heavy (non-hydrogen) atoms. The highest BCUT2D eigenvalue weighted by atomic mass is 16.1. The third-order valence-electron chi connectivity index (χ3n) is 4.71. The van der Waals surface area contributed by atoms with Gasteiger partial charge in [-0.05, 0) is 31.0 Å². The molecule has 1 aliphatic heterocycles. The fourth-order valence-electron chi connectivity index (χ4n) is 3.32. The second-order valence-corrected chi connectivity index (χ2v) is 6.74. The van der Waals surface area contributed by atoms with Crippen LogP contribution < -0.4 is 10.6 Å². The molecule has 144 valence electrons. The van der Waals surface area contributed by atoms with Crippen LogP contribution in [-0.4, -0.2) is 59.3 Å². The van der Waals surface area contributed by atoms with E-state index in [2.05, 4.69) is 33.8 Å². The van der Waals surface area contributed by atoms with Crippen LogP contribution in [0.3, 0.4) is 0 Å². The molecule has 1 amide bonds. The van der Waals surface area contributed by atoms with Crippen LogP contribution in [0.25, 0.3) is 0 Å². The highest BCUT2D eigenvalue weighted by Gasteiger charge is 2.26. The lowest BCUT2D eigenvalue weighted by Gasteiger charge is -2.21. The average molecular weight is 368 g/mol. The van der Waals surface area contributed by atoms with Crippen molar-refractivity contribution in [3.63, 3.8) is 0 Å². The van der Waals surface area contributed by atoms with Gasteiger partial charge in [0.2, 0.25) is 0 Å². The zero-order valence-electron chi connectivity index (χ0n) is 16.1. The van der Waals surface area contributed by atoms with E-state index >= 15 is 0 Å². The van der Waals surface area contributed by atoms with Crippen LogP contribution in [0, 0.1) is 0 Å². The molecule has 1 unspecified atom stereocenters. The van der Waals surface area contributed by atoms with Crippen molar-refractivity contribution in [2.75, 3.05) is 32.7 Å². The second-order valence-electron chi connectivity index (χ2n) is 6.74. The van der Waals surface area contributed by atoms with E-state index in [1.165, 1.54) is 5.56 Å². The molecule has 1 aromatic carbocycles. The van der Waals surface area contributed by atoms with Gasteiger partial charge >= 0.3 is 0 Å². The number of rotatable bonds is 6. The number of aromatic nitrogens is 2. The van der Waals surface area contributed by atoms with Gasteiger partial charge in [-0.25, -0.2) is 0 Å². The van der Waals surface area contributed by atoms with Gasteiger partial charge in [-0.3, -0.25) is 14.5 Å². The van der Waals surface area contributed by atoms with Crippen molar-refractivity contribution in [2.24, 2.45) is 12.0 Å². The van der Waals surface area contributed by atoms with E-state index in [9.17, 15) is 4.79 Å². The number of guanidine groups is 1. The molecule has 0 saturated carbocycles. The number of aryl methyl sites for hydroxylation is 1. The van der Waals surface area contributed by atoms with Gasteiger partial charge < -0.3 is 15.5 Å². The van der Waals surface area contributed by atoms with Gasteiger partial charge in [0.15, 0.2) is 5.96 Å². The van der Waals surface area contributed by atoms with Crippen molar-refractivity contribution in [1.82, 2.24) is 25.3 Å². The van der Waals surface area contributed by atoms with Crippen LogP contribution in [-0.2, 0) is 7.05 Å². The van der Waals surface area contributed by atoms with Crippen molar-refractivity contribution < 1.29 is 4.79 Å². The van der Waals surface area contributed by atoms with Gasteiger partial charge in [-0.1, -0.05) is 18.2 Å². The highest BCUT2D eigenvalue weighted by Crippen LogP contribution is 2.26. The Morgan fingerprint density at radius 2 is 2.11 bits per heavy atom. The number of benzene rings is 1. The molecule has 0 radical (unpaired) electrons. The smallest absolute Gasteiger partial charge is 0.251 e. The maximum absolute atomic E-state index is 12.1. The summed E-state index contributed by atoms with van der Waals surface area (Å²) in [5, 5.41) is 10.6. The van der Waals surface area contributed by atoms with E-state index in [4.69, 9.17) is 4.99 Å². The Hall–Kier alpha value is -2.83. The summed E-state index contributed by atoms with van der Waals surface area (Å²) in [4.78, 5) is 19.1. The number of carbonyl (C=O) groups excluding carboxylic acids is 1. The molecule has 1 atom stereocenters. The summed E-state index contributed by atoms with van der Waals surface area (Å²) in [5.74, 6) is 1.34. The van der Waals surface area contributed by atoms with E-state index in [1.807, 2.05) is 48.3 Å². The summed E-state index contributed by atoms with van der Waals surface area (Å²) < 4.78 is 1.85. The number of likely N-dealkylation sites (tertiary alicyclic amines) is 1. The number of hydrogen-bond acceptors (Lipinski definition) is 3. The van der Waals surface area contributed by atoms with E-state index in [1.54, 1.807) is 0 Å². The number of aliphatic imine (C=N–C) groups is 1. The second kappa shape index (κ2) is 9.21. The maximum atomic E-state index is 12.1. The quantitative estimate of drug-likeness (QED) is 0.461. The number of hydrogen-bond donors (Lipinski definition) is 2. The monoisotopic (exact) mass is 368 g/mol.